The summed E-state index contributed by atoms with van der Waals surface area (Å²) >= 11 is 0. The predicted molar refractivity (Wildman–Crippen MR) is 67.3 cm³/mol. The van der Waals surface area contributed by atoms with E-state index in [4.69, 9.17) is 9.84 Å². The van der Waals surface area contributed by atoms with E-state index in [2.05, 4.69) is 10.6 Å². The summed E-state index contributed by atoms with van der Waals surface area (Å²) in [6.07, 6.45) is 1.93. The molecule has 0 aromatic carbocycles. The highest BCUT2D eigenvalue weighted by molar-refractivity contribution is 5.82. The third-order valence-corrected chi connectivity index (χ3v) is 3.54. The minimum absolute atomic E-state index is 0.0663. The van der Waals surface area contributed by atoms with E-state index in [0.29, 0.717) is 6.61 Å². The number of nitrogens with one attached hydrogen (secondary N) is 2. The number of hydrogen-bond acceptors (Lipinski definition) is 5. The van der Waals surface area contributed by atoms with Crippen molar-refractivity contribution in [2.45, 2.75) is 25.0 Å². The molecule has 0 aliphatic carbocycles. The van der Waals surface area contributed by atoms with Gasteiger partial charge in [0.2, 0.25) is 5.91 Å². The molecule has 0 aromatic rings. The number of piperidine rings is 1. The van der Waals surface area contributed by atoms with Crippen molar-refractivity contribution in [3.8, 4) is 0 Å². The lowest BCUT2D eigenvalue weighted by Crippen LogP contribution is -2.57. The topological polar surface area (TPSA) is 73.8 Å². The van der Waals surface area contributed by atoms with Gasteiger partial charge < -0.3 is 25.4 Å². The lowest BCUT2D eigenvalue weighted by Gasteiger charge is -2.35. The Morgan fingerprint density at radius 2 is 2.11 bits per heavy atom. The number of hydrogen-bond donors (Lipinski definition) is 3. The van der Waals surface area contributed by atoms with Crippen LogP contribution in [0.25, 0.3) is 0 Å². The molecule has 0 spiro atoms. The minimum Gasteiger partial charge on any atom is -0.394 e. The first-order chi connectivity index (χ1) is 8.81. The van der Waals surface area contributed by atoms with E-state index in [9.17, 15) is 4.79 Å². The summed E-state index contributed by atoms with van der Waals surface area (Å²) in [5.41, 5.74) is 0. The average Bonchev–Trinajstić information content (AvgIpc) is 2.46. The van der Waals surface area contributed by atoms with Gasteiger partial charge in [-0.25, -0.2) is 0 Å². The smallest absolute Gasteiger partial charge is 0.241 e. The summed E-state index contributed by atoms with van der Waals surface area (Å²) < 4.78 is 5.49. The van der Waals surface area contributed by atoms with Gasteiger partial charge in [0.15, 0.2) is 0 Å². The lowest BCUT2D eigenvalue weighted by molar-refractivity contribution is -0.136. The van der Waals surface area contributed by atoms with Gasteiger partial charge in [0.25, 0.3) is 0 Å². The van der Waals surface area contributed by atoms with Crippen LogP contribution in [-0.2, 0) is 9.53 Å². The van der Waals surface area contributed by atoms with Crippen molar-refractivity contribution < 1.29 is 14.6 Å². The second-order valence-corrected chi connectivity index (χ2v) is 4.83. The molecule has 1 unspecified atom stereocenters. The molecule has 2 saturated heterocycles. The Morgan fingerprint density at radius 1 is 1.33 bits per heavy atom. The highest BCUT2D eigenvalue weighted by atomic mass is 16.5. The molecule has 2 aliphatic rings. The number of aliphatic hydroxyl groups is 1. The number of carbonyl (C=O) groups is 1. The average molecular weight is 257 g/mol. The minimum atomic E-state index is -0.0753. The number of aliphatic hydroxyl groups excluding tert-OH is 1. The van der Waals surface area contributed by atoms with Crippen LogP contribution in [0.2, 0.25) is 0 Å². The summed E-state index contributed by atoms with van der Waals surface area (Å²) in [6.45, 7) is 4.48. The normalized spacial score (nSPS) is 26.3. The number of nitrogens with zero attached hydrogens (tertiary/aromatic N) is 1. The third kappa shape index (κ3) is 3.65. The first-order valence-electron chi connectivity index (χ1n) is 6.76. The van der Waals surface area contributed by atoms with Gasteiger partial charge in [-0.1, -0.05) is 0 Å². The van der Waals surface area contributed by atoms with E-state index >= 15 is 0 Å². The molecular formula is C12H23N3O3. The maximum absolute atomic E-state index is 12.2. The van der Waals surface area contributed by atoms with Gasteiger partial charge in [0.05, 0.1) is 25.4 Å². The van der Waals surface area contributed by atoms with Gasteiger partial charge in [-0.2, -0.15) is 0 Å². The molecule has 18 heavy (non-hydrogen) atoms. The number of piperazine rings is 1. The Labute approximate surface area is 108 Å². The fraction of sp³-hybridized carbons (Fsp3) is 0.917. The molecule has 2 aliphatic heterocycles. The monoisotopic (exact) mass is 257 g/mol. The predicted octanol–water partition coefficient (Wildman–Crippen LogP) is -1.45. The molecule has 0 radical (unpaired) electrons. The number of ether oxygens (including phenoxy) is 1. The molecule has 2 heterocycles. The fourth-order valence-electron chi connectivity index (χ4n) is 2.51. The molecule has 6 nitrogen and oxygen atoms in total. The second kappa shape index (κ2) is 7.04. The fourth-order valence-corrected chi connectivity index (χ4v) is 2.51. The van der Waals surface area contributed by atoms with Crippen LogP contribution in [0.3, 0.4) is 0 Å². The van der Waals surface area contributed by atoms with Crippen LogP contribution in [0, 0.1) is 0 Å². The van der Waals surface area contributed by atoms with Crippen LogP contribution in [0.4, 0.5) is 0 Å². The van der Waals surface area contributed by atoms with E-state index in [0.717, 1.165) is 45.6 Å². The zero-order chi connectivity index (χ0) is 12.8. The first kappa shape index (κ1) is 13.7. The quantitative estimate of drug-likeness (QED) is 0.574. The van der Waals surface area contributed by atoms with Crippen molar-refractivity contribution in [3.05, 3.63) is 0 Å². The van der Waals surface area contributed by atoms with Gasteiger partial charge in [0.1, 0.15) is 0 Å². The molecule has 1 atom stereocenters. The standard InChI is InChI=1S/C12H23N3O3/c16-7-8-18-10-1-5-15(6-2-10)12(17)11-9-13-3-4-14-11/h10-11,13-14,16H,1-9H2. The summed E-state index contributed by atoms with van der Waals surface area (Å²) in [5, 5.41) is 15.2. The number of amides is 1. The molecule has 104 valence electrons. The zero-order valence-corrected chi connectivity index (χ0v) is 10.7. The van der Waals surface area contributed by atoms with Crippen molar-refractivity contribution >= 4 is 5.91 Å². The molecule has 1 amide bonds. The Kier molecular flexibility index (Phi) is 5.37. The van der Waals surface area contributed by atoms with Gasteiger partial charge in [-0.3, -0.25) is 4.79 Å². The van der Waals surface area contributed by atoms with Crippen LogP contribution in [-0.4, -0.2) is 74.0 Å². The van der Waals surface area contributed by atoms with Crippen molar-refractivity contribution in [3.63, 3.8) is 0 Å². The van der Waals surface area contributed by atoms with Gasteiger partial charge in [-0.15, -0.1) is 0 Å². The maximum Gasteiger partial charge on any atom is 0.241 e. The molecule has 2 rings (SSSR count). The van der Waals surface area contributed by atoms with E-state index in [1.165, 1.54) is 0 Å². The first-order valence-corrected chi connectivity index (χ1v) is 6.76. The Hall–Kier alpha value is -0.690. The van der Waals surface area contributed by atoms with Crippen LogP contribution in [0.5, 0.6) is 0 Å². The number of carbonyl (C=O) groups excluding carboxylic acids is 1. The summed E-state index contributed by atoms with van der Waals surface area (Å²) in [7, 11) is 0. The van der Waals surface area contributed by atoms with E-state index in [1.807, 2.05) is 4.90 Å². The molecule has 0 bridgehead atoms. The maximum atomic E-state index is 12.2. The van der Waals surface area contributed by atoms with Crippen molar-refractivity contribution in [1.29, 1.82) is 0 Å². The van der Waals surface area contributed by atoms with Gasteiger partial charge in [-0.05, 0) is 12.8 Å². The molecular weight excluding hydrogens is 234 g/mol. The number of likely N-dealkylation sites (tertiary alicyclic amines) is 1. The van der Waals surface area contributed by atoms with Crippen molar-refractivity contribution in [1.82, 2.24) is 15.5 Å². The van der Waals surface area contributed by atoms with E-state index in [-0.39, 0.29) is 24.7 Å². The van der Waals surface area contributed by atoms with Crippen molar-refractivity contribution in [2.75, 3.05) is 45.9 Å². The van der Waals surface area contributed by atoms with Crippen molar-refractivity contribution in [2.24, 2.45) is 0 Å². The van der Waals surface area contributed by atoms with E-state index < -0.39 is 0 Å². The molecule has 2 fully saturated rings. The highest BCUT2D eigenvalue weighted by Crippen LogP contribution is 2.14. The molecule has 3 N–H and O–H groups in total. The Bertz CT molecular complexity index is 261. The molecule has 6 heteroatoms. The SMILES string of the molecule is O=C(C1CNCCN1)N1CCC(OCCO)CC1. The Morgan fingerprint density at radius 3 is 2.72 bits per heavy atom. The van der Waals surface area contributed by atoms with Gasteiger partial charge in [0, 0.05) is 32.7 Å². The zero-order valence-electron chi connectivity index (χ0n) is 10.7. The Balaban J connectivity index is 1.73. The highest BCUT2D eigenvalue weighted by Gasteiger charge is 2.28. The van der Waals surface area contributed by atoms with E-state index in [1.54, 1.807) is 0 Å². The van der Waals surface area contributed by atoms with Crippen LogP contribution >= 0.6 is 0 Å². The largest absolute Gasteiger partial charge is 0.394 e. The molecule has 0 aromatic heterocycles. The summed E-state index contributed by atoms with van der Waals surface area (Å²) in [5.74, 6) is 0.197. The van der Waals surface area contributed by atoms with Crippen LogP contribution in [0.1, 0.15) is 12.8 Å². The third-order valence-electron chi connectivity index (χ3n) is 3.54. The second-order valence-electron chi connectivity index (χ2n) is 4.83. The molecule has 0 saturated carbocycles. The lowest BCUT2D eigenvalue weighted by atomic mass is 10.1. The van der Waals surface area contributed by atoms with Crippen LogP contribution in [0.15, 0.2) is 0 Å². The van der Waals surface area contributed by atoms with Gasteiger partial charge >= 0.3 is 0 Å². The summed E-state index contributed by atoms with van der Waals surface area (Å²) in [6, 6.07) is -0.0753. The van der Waals surface area contributed by atoms with Crippen LogP contribution < -0.4 is 10.6 Å². The number of rotatable bonds is 4. The summed E-state index contributed by atoms with van der Waals surface area (Å²) in [4.78, 5) is 14.1.